The molecule has 1 aliphatic rings. The van der Waals surface area contributed by atoms with Crippen LogP contribution in [-0.2, 0) is 14.9 Å². The number of amides is 1. The first kappa shape index (κ1) is 21.4. The quantitative estimate of drug-likeness (QED) is 0.642. The molecule has 2 aromatic rings. The predicted molar refractivity (Wildman–Crippen MR) is 110 cm³/mol. The summed E-state index contributed by atoms with van der Waals surface area (Å²) in [6, 6.07) is 11.0. The van der Waals surface area contributed by atoms with Gasteiger partial charge >= 0.3 is 0 Å². The summed E-state index contributed by atoms with van der Waals surface area (Å²) in [4.78, 5) is 21.1. The van der Waals surface area contributed by atoms with Crippen molar-refractivity contribution in [3.63, 3.8) is 0 Å². The molecule has 1 fully saturated rings. The molecular weight excluding hydrogens is 418 g/mol. The van der Waals surface area contributed by atoms with Crippen molar-refractivity contribution in [3.8, 4) is 5.75 Å². The number of nitrogens with one attached hydrogen (secondary N) is 2. The van der Waals surface area contributed by atoms with Gasteiger partial charge < -0.3 is 15.0 Å². The van der Waals surface area contributed by atoms with Crippen LogP contribution >= 0.6 is 11.6 Å². The molecule has 1 amide bonds. The molecule has 1 saturated heterocycles. The minimum Gasteiger partial charge on any atom is -0.495 e. The lowest BCUT2D eigenvalue weighted by Gasteiger charge is -2.21. The molecule has 10 heteroatoms. The van der Waals surface area contributed by atoms with Gasteiger partial charge in [0, 0.05) is 29.7 Å². The van der Waals surface area contributed by atoms with E-state index in [4.69, 9.17) is 16.3 Å². The van der Waals surface area contributed by atoms with Crippen molar-refractivity contribution >= 4 is 33.2 Å². The van der Waals surface area contributed by atoms with Crippen molar-refractivity contribution in [1.82, 2.24) is 10.2 Å². The maximum Gasteiger partial charge on any atom is 0.262 e. The van der Waals surface area contributed by atoms with E-state index >= 15 is 0 Å². The van der Waals surface area contributed by atoms with Gasteiger partial charge in [0.25, 0.3) is 15.9 Å². The first-order valence-electron chi connectivity index (χ1n) is 8.88. The molecule has 0 aliphatic carbocycles. The van der Waals surface area contributed by atoms with Gasteiger partial charge in [-0.05, 0) is 48.9 Å². The number of hydrogen-bond acceptors (Lipinski definition) is 6. The van der Waals surface area contributed by atoms with Crippen LogP contribution < -0.4 is 19.8 Å². The summed E-state index contributed by atoms with van der Waals surface area (Å²) in [5.41, 5.74) is 1.26. The molecule has 29 heavy (non-hydrogen) atoms. The Balaban J connectivity index is 1.64. The van der Waals surface area contributed by atoms with Gasteiger partial charge in [-0.2, -0.15) is 0 Å². The van der Waals surface area contributed by atoms with Gasteiger partial charge in [0.15, 0.2) is 0 Å². The van der Waals surface area contributed by atoms with E-state index in [0.29, 0.717) is 17.1 Å². The number of benzene rings is 2. The highest BCUT2D eigenvalue weighted by molar-refractivity contribution is 7.89. The first-order valence-corrected chi connectivity index (χ1v) is 10.7. The fourth-order valence-electron chi connectivity index (χ4n) is 3.22. The van der Waals surface area contributed by atoms with Crippen molar-refractivity contribution in [3.05, 3.63) is 53.1 Å². The SMILES string of the molecule is CONS(=O)(=O)c1ccc(C(=O)N[C@H]2CCN(c3cc(Cl)ccc3OC)C2)cc1. The molecular formula is C19H22ClN3O5S. The van der Waals surface area contributed by atoms with Crippen molar-refractivity contribution in [2.75, 3.05) is 32.2 Å². The maximum atomic E-state index is 12.5. The lowest BCUT2D eigenvalue weighted by Crippen LogP contribution is -2.37. The van der Waals surface area contributed by atoms with Crippen LogP contribution in [0.3, 0.4) is 0 Å². The average Bonchev–Trinajstić information content (AvgIpc) is 3.16. The fraction of sp³-hybridized carbons (Fsp3) is 0.316. The highest BCUT2D eigenvalue weighted by Crippen LogP contribution is 2.33. The average molecular weight is 440 g/mol. The van der Waals surface area contributed by atoms with Crippen molar-refractivity contribution in [1.29, 1.82) is 0 Å². The highest BCUT2D eigenvalue weighted by Gasteiger charge is 2.26. The van der Waals surface area contributed by atoms with Crippen molar-refractivity contribution in [2.45, 2.75) is 17.4 Å². The third-order valence-electron chi connectivity index (χ3n) is 4.62. The Morgan fingerprint density at radius 2 is 1.90 bits per heavy atom. The minimum atomic E-state index is -3.76. The summed E-state index contributed by atoms with van der Waals surface area (Å²) >= 11 is 6.11. The van der Waals surface area contributed by atoms with Gasteiger partial charge in [-0.1, -0.05) is 16.5 Å². The Morgan fingerprint density at radius 3 is 2.55 bits per heavy atom. The zero-order valence-corrected chi connectivity index (χ0v) is 17.6. The highest BCUT2D eigenvalue weighted by atomic mass is 35.5. The van der Waals surface area contributed by atoms with Crippen molar-refractivity contribution in [2.24, 2.45) is 0 Å². The number of ether oxygens (including phenoxy) is 1. The summed E-state index contributed by atoms with van der Waals surface area (Å²) in [5.74, 6) is 0.460. The molecule has 1 heterocycles. The fourth-order valence-corrected chi connectivity index (χ4v) is 4.20. The Kier molecular flexibility index (Phi) is 6.63. The number of rotatable bonds is 7. The van der Waals surface area contributed by atoms with Crippen LogP contribution in [0.25, 0.3) is 0 Å². The topological polar surface area (TPSA) is 97.0 Å². The summed E-state index contributed by atoms with van der Waals surface area (Å²) in [6.07, 6.45) is 0.769. The van der Waals surface area contributed by atoms with Crippen LogP contribution in [0.4, 0.5) is 5.69 Å². The predicted octanol–water partition coefficient (Wildman–Crippen LogP) is 2.20. The van der Waals surface area contributed by atoms with Gasteiger partial charge in [-0.15, -0.1) is 0 Å². The summed E-state index contributed by atoms with van der Waals surface area (Å²) in [7, 11) is -0.940. The second-order valence-electron chi connectivity index (χ2n) is 6.54. The smallest absolute Gasteiger partial charge is 0.262 e. The van der Waals surface area contributed by atoms with E-state index in [2.05, 4.69) is 15.1 Å². The zero-order valence-electron chi connectivity index (χ0n) is 16.0. The van der Waals surface area contributed by atoms with Crippen LogP contribution in [0.2, 0.25) is 5.02 Å². The largest absolute Gasteiger partial charge is 0.495 e. The lowest BCUT2D eigenvalue weighted by atomic mass is 10.2. The number of carbonyl (C=O) groups is 1. The lowest BCUT2D eigenvalue weighted by molar-refractivity contribution is 0.0940. The van der Waals surface area contributed by atoms with E-state index in [-0.39, 0.29) is 16.8 Å². The monoisotopic (exact) mass is 439 g/mol. The number of anilines is 1. The molecule has 0 saturated carbocycles. The third kappa shape index (κ3) is 4.99. The number of carbonyl (C=O) groups excluding carboxylic acids is 1. The van der Waals surface area contributed by atoms with E-state index < -0.39 is 10.0 Å². The third-order valence-corrected chi connectivity index (χ3v) is 6.14. The van der Waals surface area contributed by atoms with Gasteiger partial charge in [-0.25, -0.2) is 8.42 Å². The second-order valence-corrected chi connectivity index (χ2v) is 8.62. The molecule has 2 N–H and O–H groups in total. The number of halogens is 1. The van der Waals surface area contributed by atoms with E-state index in [1.807, 2.05) is 17.0 Å². The molecule has 2 aromatic carbocycles. The molecule has 156 valence electrons. The summed E-state index contributed by atoms with van der Waals surface area (Å²) in [5, 5.41) is 3.60. The Bertz CT molecular complexity index is 982. The van der Waals surface area contributed by atoms with Gasteiger partial charge in [0.1, 0.15) is 5.75 Å². The van der Waals surface area contributed by atoms with E-state index in [1.54, 1.807) is 13.2 Å². The van der Waals surface area contributed by atoms with Crippen LogP contribution in [-0.4, -0.2) is 47.7 Å². The summed E-state index contributed by atoms with van der Waals surface area (Å²) in [6.45, 7) is 1.37. The van der Waals surface area contributed by atoms with E-state index in [0.717, 1.165) is 24.4 Å². The number of methoxy groups -OCH3 is 1. The van der Waals surface area contributed by atoms with Gasteiger partial charge in [0.05, 0.1) is 24.8 Å². The minimum absolute atomic E-state index is 0.0102. The van der Waals surface area contributed by atoms with Crippen LogP contribution in [0.1, 0.15) is 16.8 Å². The van der Waals surface area contributed by atoms with E-state index in [1.165, 1.54) is 31.4 Å². The molecule has 0 bridgehead atoms. The second kappa shape index (κ2) is 9.00. The first-order chi connectivity index (χ1) is 13.8. The normalized spacial score (nSPS) is 16.7. The maximum absolute atomic E-state index is 12.5. The molecule has 0 spiro atoms. The number of sulfonamides is 1. The molecule has 0 unspecified atom stereocenters. The molecule has 1 atom stereocenters. The summed E-state index contributed by atoms with van der Waals surface area (Å²) < 4.78 is 29.2. The molecule has 1 aliphatic heterocycles. The standard InChI is InChI=1S/C19H22ClN3O5S/c1-27-18-8-5-14(20)11-17(18)23-10-9-15(12-23)21-19(24)13-3-6-16(7-4-13)29(25,26)22-28-2/h3-8,11,15,22H,9-10,12H2,1-2H3,(H,21,24)/t15-/m0/s1. The Labute approximate surface area is 174 Å². The zero-order chi connectivity index (χ0) is 21.0. The van der Waals surface area contributed by atoms with E-state index in [9.17, 15) is 13.2 Å². The Hall–Kier alpha value is -2.33. The molecule has 0 radical (unpaired) electrons. The van der Waals surface area contributed by atoms with Gasteiger partial charge in [-0.3, -0.25) is 9.63 Å². The molecule has 0 aromatic heterocycles. The molecule has 8 nitrogen and oxygen atoms in total. The van der Waals surface area contributed by atoms with Crippen molar-refractivity contribution < 1.29 is 22.8 Å². The van der Waals surface area contributed by atoms with Gasteiger partial charge in [0.2, 0.25) is 0 Å². The van der Waals surface area contributed by atoms with Crippen LogP contribution in [0.15, 0.2) is 47.4 Å². The Morgan fingerprint density at radius 1 is 1.17 bits per heavy atom. The van der Waals surface area contributed by atoms with Crippen LogP contribution in [0, 0.1) is 0 Å². The van der Waals surface area contributed by atoms with Crippen LogP contribution in [0.5, 0.6) is 5.75 Å². The molecule has 3 rings (SSSR count). The number of nitrogens with zero attached hydrogens (tertiary/aromatic N) is 1. The number of hydrogen-bond donors (Lipinski definition) is 2.